The van der Waals surface area contributed by atoms with Crippen molar-refractivity contribution in [3.8, 4) is 0 Å². The minimum atomic E-state index is 0.355. The van der Waals surface area contributed by atoms with Crippen LogP contribution >= 0.6 is 0 Å². The molecule has 1 aromatic carbocycles. The third-order valence-corrected chi connectivity index (χ3v) is 1.60. The van der Waals surface area contributed by atoms with E-state index >= 15 is 0 Å². The maximum Gasteiger partial charge on any atom is 0.376 e. The molecule has 0 aliphatic rings. The molecule has 0 aliphatic carbocycles. The average Bonchev–Trinajstić information content (AvgIpc) is 2.17. The van der Waals surface area contributed by atoms with Crippen LogP contribution in [-0.2, 0) is 0 Å². The minimum Gasteiger partial charge on any atom is -0.497 e. The summed E-state index contributed by atoms with van der Waals surface area (Å²) >= 11 is 0. The highest BCUT2D eigenvalue weighted by molar-refractivity contribution is 5.72. The molecule has 0 spiro atoms. The maximum atomic E-state index is 8.45. The molecule has 1 heterocycles. The van der Waals surface area contributed by atoms with E-state index in [1.54, 1.807) is 0 Å². The van der Waals surface area contributed by atoms with Crippen LogP contribution in [0.3, 0.4) is 0 Å². The smallest absolute Gasteiger partial charge is 0.376 e. The average molecular weight is 158 g/mol. The number of aromatic amines is 1. The molecule has 1 aromatic heterocycles. The number of hydrogen-bond donors (Lipinski definition) is 1. The first-order valence-corrected chi connectivity index (χ1v) is 3.52. The van der Waals surface area contributed by atoms with E-state index in [0.717, 1.165) is 11.0 Å². The van der Waals surface area contributed by atoms with Gasteiger partial charge < -0.3 is 10.3 Å². The standard InChI is InChI=1S/C8H6N4/c9-12-8-5-10-6-3-1-2-4-7(6)11-8/h1-5,11H. The largest absolute Gasteiger partial charge is 0.497 e. The van der Waals surface area contributed by atoms with Gasteiger partial charge in [-0.1, -0.05) is 12.1 Å². The number of nitrogens with one attached hydrogen (secondary N) is 1. The predicted octanol–water partition coefficient (Wildman–Crippen LogP) is 0.693. The highest BCUT2D eigenvalue weighted by Crippen LogP contribution is 2.02. The Morgan fingerprint density at radius 1 is 1.33 bits per heavy atom. The van der Waals surface area contributed by atoms with Gasteiger partial charge in [0.15, 0.2) is 5.52 Å². The molecule has 0 fully saturated rings. The van der Waals surface area contributed by atoms with Gasteiger partial charge in [-0.25, -0.2) is 9.97 Å². The summed E-state index contributed by atoms with van der Waals surface area (Å²) < 4.78 is 0. The van der Waals surface area contributed by atoms with Crippen LogP contribution < -0.4 is 5.49 Å². The van der Waals surface area contributed by atoms with Gasteiger partial charge in [-0.3, -0.25) is 0 Å². The maximum absolute atomic E-state index is 8.45. The van der Waals surface area contributed by atoms with E-state index in [0.29, 0.717) is 5.49 Å². The van der Waals surface area contributed by atoms with Crippen molar-refractivity contribution in [2.45, 2.75) is 0 Å². The van der Waals surface area contributed by atoms with E-state index in [2.05, 4.69) is 14.8 Å². The summed E-state index contributed by atoms with van der Waals surface area (Å²) in [6.45, 7) is 0. The van der Waals surface area contributed by atoms with Gasteiger partial charge in [0.2, 0.25) is 0 Å². The summed E-state index contributed by atoms with van der Waals surface area (Å²) in [5.41, 5.74) is 10.5. The van der Waals surface area contributed by atoms with Crippen molar-refractivity contribution in [2.24, 2.45) is 0 Å². The lowest BCUT2D eigenvalue weighted by Gasteiger charge is -1.88. The first-order chi connectivity index (χ1) is 5.90. The van der Waals surface area contributed by atoms with Crippen molar-refractivity contribution < 1.29 is 4.79 Å². The van der Waals surface area contributed by atoms with Gasteiger partial charge in [0.1, 0.15) is 11.7 Å². The van der Waals surface area contributed by atoms with Crippen molar-refractivity contribution in [2.75, 3.05) is 0 Å². The van der Waals surface area contributed by atoms with Crippen LogP contribution in [0.25, 0.3) is 16.6 Å². The number of para-hydroxylation sites is 2. The topological polar surface area (TPSA) is 65.1 Å². The van der Waals surface area contributed by atoms with Crippen molar-refractivity contribution in [3.05, 3.63) is 41.5 Å². The van der Waals surface area contributed by atoms with Gasteiger partial charge in [-0.05, 0) is 12.1 Å². The van der Waals surface area contributed by atoms with Crippen molar-refractivity contribution in [1.29, 1.82) is 0 Å². The molecule has 0 radical (unpaired) electrons. The molecule has 58 valence electrons. The van der Waals surface area contributed by atoms with Crippen LogP contribution in [0.15, 0.2) is 30.5 Å². The van der Waals surface area contributed by atoms with Crippen molar-refractivity contribution in [3.63, 3.8) is 0 Å². The fourth-order valence-electron chi connectivity index (χ4n) is 1.04. The predicted molar refractivity (Wildman–Crippen MR) is 42.8 cm³/mol. The van der Waals surface area contributed by atoms with E-state index in [4.69, 9.17) is 5.53 Å². The Morgan fingerprint density at radius 3 is 3.00 bits per heavy atom. The minimum absolute atomic E-state index is 0.355. The monoisotopic (exact) mass is 158 g/mol. The molecule has 1 N–H and O–H groups in total. The summed E-state index contributed by atoms with van der Waals surface area (Å²) in [5, 5.41) is 0. The van der Waals surface area contributed by atoms with Gasteiger partial charge >= 0.3 is 5.49 Å². The molecular weight excluding hydrogens is 152 g/mol. The fourth-order valence-corrected chi connectivity index (χ4v) is 1.04. The molecular formula is C8H6N4. The highest BCUT2D eigenvalue weighted by Gasteiger charge is 1.96. The molecule has 0 amide bonds. The van der Waals surface area contributed by atoms with Crippen LogP contribution in [0.2, 0.25) is 0 Å². The van der Waals surface area contributed by atoms with Gasteiger partial charge in [-0.15, -0.1) is 0 Å². The normalized spacial score (nSPS) is 9.67. The number of rotatable bonds is 0. The van der Waals surface area contributed by atoms with Crippen LogP contribution in [0, 0.1) is 0 Å². The van der Waals surface area contributed by atoms with E-state index in [9.17, 15) is 0 Å². The molecule has 0 atom stereocenters. The molecule has 4 nitrogen and oxygen atoms in total. The van der Waals surface area contributed by atoms with E-state index < -0.39 is 0 Å². The second kappa shape index (κ2) is 2.60. The lowest BCUT2D eigenvalue weighted by molar-refractivity contribution is -0.0720. The van der Waals surface area contributed by atoms with Crippen LogP contribution in [0.1, 0.15) is 0 Å². The number of nitrogens with zero attached hydrogens (tertiary/aromatic N) is 3. The highest BCUT2D eigenvalue weighted by atomic mass is 14.9. The summed E-state index contributed by atoms with van der Waals surface area (Å²) in [6, 6.07) is 7.55. The number of hydrogen-bond acceptors (Lipinski definition) is 1. The third kappa shape index (κ3) is 1.00. The Hall–Kier alpha value is -1.93. The fraction of sp³-hybridized carbons (Fsp3) is 0. The Morgan fingerprint density at radius 2 is 2.17 bits per heavy atom. The molecule has 0 saturated heterocycles. The van der Waals surface area contributed by atoms with Crippen molar-refractivity contribution in [1.82, 2.24) is 9.97 Å². The van der Waals surface area contributed by atoms with E-state index in [-0.39, 0.29) is 0 Å². The second-order valence-corrected chi connectivity index (χ2v) is 2.39. The number of H-pyrrole nitrogens is 1. The summed E-state index contributed by atoms with van der Waals surface area (Å²) in [5.74, 6) is 0. The lowest BCUT2D eigenvalue weighted by atomic mass is 10.3. The van der Waals surface area contributed by atoms with Gasteiger partial charge in [0.05, 0.1) is 0 Å². The lowest BCUT2D eigenvalue weighted by Crippen LogP contribution is -2.08. The molecule has 2 aromatic rings. The molecule has 4 heteroatoms. The van der Waals surface area contributed by atoms with Gasteiger partial charge in [0.25, 0.3) is 0 Å². The zero-order valence-corrected chi connectivity index (χ0v) is 6.23. The summed E-state index contributed by atoms with van der Waals surface area (Å²) in [6.07, 6.45) is 1.47. The second-order valence-electron chi connectivity index (χ2n) is 2.39. The quantitative estimate of drug-likeness (QED) is 0.445. The Labute approximate surface area is 68.1 Å². The Kier molecular flexibility index (Phi) is 1.47. The third-order valence-electron chi connectivity index (χ3n) is 1.60. The molecule has 2 rings (SSSR count). The van der Waals surface area contributed by atoms with Crippen LogP contribution in [0.4, 0.5) is 0 Å². The first-order valence-electron chi connectivity index (χ1n) is 3.52. The number of fused-ring (bicyclic) bond motifs is 1. The van der Waals surface area contributed by atoms with Crippen molar-refractivity contribution >= 4 is 11.0 Å². The zero-order chi connectivity index (χ0) is 8.39. The Balaban J connectivity index is 2.94. The molecule has 0 saturated carbocycles. The Bertz CT molecular complexity index is 493. The molecule has 0 aliphatic heterocycles. The molecule has 0 bridgehead atoms. The van der Waals surface area contributed by atoms with Gasteiger partial charge in [0, 0.05) is 0 Å². The van der Waals surface area contributed by atoms with E-state index in [1.165, 1.54) is 6.20 Å². The van der Waals surface area contributed by atoms with E-state index in [1.807, 2.05) is 24.3 Å². The molecule has 12 heavy (non-hydrogen) atoms. The summed E-state index contributed by atoms with van der Waals surface area (Å²) in [7, 11) is 0. The zero-order valence-electron chi connectivity index (χ0n) is 6.23. The van der Waals surface area contributed by atoms with Gasteiger partial charge in [-0.2, -0.15) is 0 Å². The van der Waals surface area contributed by atoms with Crippen LogP contribution in [-0.4, -0.2) is 14.8 Å². The SMILES string of the molecule is [N-]=[N+]=c1cnc2ccccc2[nH]1. The summed E-state index contributed by atoms with van der Waals surface area (Å²) in [4.78, 5) is 9.97. The molecule has 0 unspecified atom stereocenters. The first kappa shape index (κ1) is 6.76. The number of aromatic nitrogens is 2. The number of benzene rings is 1. The van der Waals surface area contributed by atoms with Crippen LogP contribution in [0.5, 0.6) is 0 Å².